The largest absolute Gasteiger partial charge is 0.376 e. The Labute approximate surface area is 172 Å². The lowest BCUT2D eigenvalue weighted by molar-refractivity contribution is -0.119. The number of benzene rings is 2. The second-order valence-corrected chi connectivity index (χ2v) is 8.15. The highest BCUT2D eigenvalue weighted by molar-refractivity contribution is 7.99. The predicted molar refractivity (Wildman–Crippen MR) is 113 cm³/mol. The number of aromatic nitrogens is 3. The minimum Gasteiger partial charge on any atom is -0.376 e. The number of carbonyl (C=O) groups is 1. The second-order valence-electron chi connectivity index (χ2n) is 7.20. The van der Waals surface area contributed by atoms with Gasteiger partial charge in [-0.3, -0.25) is 9.36 Å². The molecule has 1 aromatic heterocycles. The quantitative estimate of drug-likeness (QED) is 0.583. The van der Waals surface area contributed by atoms with Crippen molar-refractivity contribution in [1.82, 2.24) is 20.1 Å². The summed E-state index contributed by atoms with van der Waals surface area (Å²) in [6.07, 6.45) is 1.98. The normalized spacial score (nSPS) is 17.5. The van der Waals surface area contributed by atoms with Gasteiger partial charge in [-0.15, -0.1) is 5.10 Å². The molecule has 1 saturated heterocycles. The SMILES string of the molecule is C[C@H](NC(=O)CSc1n[nH]c(=O)n1C[C@@H]1CCCO1)c1cccc2ccccc12. The van der Waals surface area contributed by atoms with E-state index in [0.29, 0.717) is 11.7 Å². The third kappa shape index (κ3) is 4.54. The van der Waals surface area contributed by atoms with E-state index < -0.39 is 0 Å². The molecule has 4 rings (SSSR count). The van der Waals surface area contributed by atoms with Crippen molar-refractivity contribution in [3.63, 3.8) is 0 Å². The highest BCUT2D eigenvalue weighted by Gasteiger charge is 2.20. The fraction of sp³-hybridized carbons (Fsp3) is 0.381. The molecule has 3 aromatic rings. The van der Waals surface area contributed by atoms with Crippen molar-refractivity contribution in [2.45, 2.75) is 43.6 Å². The summed E-state index contributed by atoms with van der Waals surface area (Å²) in [6.45, 7) is 3.17. The van der Waals surface area contributed by atoms with E-state index in [2.05, 4.69) is 33.7 Å². The molecular weight excluding hydrogens is 388 g/mol. The molecule has 1 fully saturated rings. The monoisotopic (exact) mass is 412 g/mol. The van der Waals surface area contributed by atoms with Crippen LogP contribution in [0.15, 0.2) is 52.4 Å². The molecule has 0 unspecified atom stereocenters. The van der Waals surface area contributed by atoms with E-state index >= 15 is 0 Å². The van der Waals surface area contributed by atoms with Crippen molar-refractivity contribution in [1.29, 1.82) is 0 Å². The average Bonchev–Trinajstić information content (AvgIpc) is 3.37. The van der Waals surface area contributed by atoms with E-state index in [9.17, 15) is 9.59 Å². The molecule has 29 heavy (non-hydrogen) atoms. The fourth-order valence-electron chi connectivity index (χ4n) is 3.69. The summed E-state index contributed by atoms with van der Waals surface area (Å²) >= 11 is 1.25. The van der Waals surface area contributed by atoms with Gasteiger partial charge in [-0.25, -0.2) is 9.89 Å². The van der Waals surface area contributed by atoms with Gasteiger partial charge in [0, 0.05) is 6.61 Å². The fourth-order valence-corrected chi connectivity index (χ4v) is 4.45. The smallest absolute Gasteiger partial charge is 0.344 e. The Morgan fingerprint density at radius 1 is 1.34 bits per heavy atom. The summed E-state index contributed by atoms with van der Waals surface area (Å²) in [5, 5.41) is 12.4. The molecule has 2 N–H and O–H groups in total. The van der Waals surface area contributed by atoms with E-state index in [1.165, 1.54) is 11.8 Å². The van der Waals surface area contributed by atoms with Gasteiger partial charge < -0.3 is 10.1 Å². The Morgan fingerprint density at radius 2 is 2.17 bits per heavy atom. The van der Waals surface area contributed by atoms with Gasteiger partial charge in [0.2, 0.25) is 5.91 Å². The summed E-state index contributed by atoms with van der Waals surface area (Å²) in [5.74, 6) is 0.0832. The lowest BCUT2D eigenvalue weighted by Crippen LogP contribution is -2.29. The molecule has 0 bridgehead atoms. The predicted octanol–water partition coefficient (Wildman–Crippen LogP) is 2.87. The van der Waals surface area contributed by atoms with Gasteiger partial charge in [0.25, 0.3) is 0 Å². The third-order valence-electron chi connectivity index (χ3n) is 5.13. The number of thioether (sulfide) groups is 1. The minimum absolute atomic E-state index is 0.0323. The molecule has 152 valence electrons. The average molecular weight is 413 g/mol. The van der Waals surface area contributed by atoms with E-state index in [4.69, 9.17) is 4.74 Å². The maximum absolute atomic E-state index is 12.5. The maximum atomic E-state index is 12.5. The van der Waals surface area contributed by atoms with Crippen LogP contribution in [0.25, 0.3) is 10.8 Å². The summed E-state index contributed by atoms with van der Waals surface area (Å²) in [7, 11) is 0. The van der Waals surface area contributed by atoms with E-state index in [1.54, 1.807) is 4.57 Å². The van der Waals surface area contributed by atoms with Crippen molar-refractivity contribution in [2.24, 2.45) is 0 Å². The molecule has 2 heterocycles. The minimum atomic E-state index is -0.271. The molecule has 0 aliphatic carbocycles. The van der Waals surface area contributed by atoms with Crippen LogP contribution in [0.2, 0.25) is 0 Å². The molecule has 0 saturated carbocycles. The van der Waals surface area contributed by atoms with Crippen LogP contribution in [0.5, 0.6) is 0 Å². The Balaban J connectivity index is 1.38. The Morgan fingerprint density at radius 3 is 3.00 bits per heavy atom. The van der Waals surface area contributed by atoms with Crippen LogP contribution < -0.4 is 11.0 Å². The van der Waals surface area contributed by atoms with E-state index in [1.807, 2.05) is 31.2 Å². The molecule has 0 spiro atoms. The first-order chi connectivity index (χ1) is 14.1. The highest BCUT2D eigenvalue weighted by atomic mass is 32.2. The number of carbonyl (C=O) groups excluding carboxylic acids is 1. The van der Waals surface area contributed by atoms with Gasteiger partial charge in [0.1, 0.15) is 0 Å². The number of H-pyrrole nitrogens is 1. The summed E-state index contributed by atoms with van der Waals surface area (Å²) in [6, 6.07) is 14.1. The van der Waals surface area contributed by atoms with Crippen molar-refractivity contribution < 1.29 is 9.53 Å². The Bertz CT molecular complexity index is 1050. The van der Waals surface area contributed by atoms with Crippen molar-refractivity contribution in [3.05, 3.63) is 58.5 Å². The highest BCUT2D eigenvalue weighted by Crippen LogP contribution is 2.24. The van der Waals surface area contributed by atoms with Crippen LogP contribution in [0.3, 0.4) is 0 Å². The molecule has 2 aromatic carbocycles. The number of fused-ring (bicyclic) bond motifs is 1. The van der Waals surface area contributed by atoms with Crippen LogP contribution in [-0.2, 0) is 16.1 Å². The molecule has 2 atom stereocenters. The van der Waals surface area contributed by atoms with Gasteiger partial charge in [-0.2, -0.15) is 0 Å². The first kappa shape index (κ1) is 19.7. The molecule has 7 nitrogen and oxygen atoms in total. The first-order valence-corrected chi connectivity index (χ1v) is 10.8. The van der Waals surface area contributed by atoms with Crippen LogP contribution in [0.1, 0.15) is 31.4 Å². The van der Waals surface area contributed by atoms with Crippen LogP contribution in [-0.4, -0.2) is 39.1 Å². The van der Waals surface area contributed by atoms with Gasteiger partial charge in [-0.1, -0.05) is 54.2 Å². The number of hydrogen-bond acceptors (Lipinski definition) is 5. The Hall–Kier alpha value is -2.58. The Kier molecular flexibility index (Phi) is 6.01. The molecule has 0 radical (unpaired) electrons. The summed E-state index contributed by atoms with van der Waals surface area (Å²) in [5.41, 5.74) is 0.809. The van der Waals surface area contributed by atoms with Crippen molar-refractivity contribution in [3.8, 4) is 0 Å². The second kappa shape index (κ2) is 8.84. The summed E-state index contributed by atoms with van der Waals surface area (Å²) < 4.78 is 7.17. The molecular formula is C21H24N4O3S. The van der Waals surface area contributed by atoms with Gasteiger partial charge in [0.05, 0.1) is 24.4 Å². The number of rotatable bonds is 7. The number of ether oxygens (including phenoxy) is 1. The number of aromatic amines is 1. The molecule has 8 heteroatoms. The molecule has 1 amide bonds. The van der Waals surface area contributed by atoms with Crippen LogP contribution >= 0.6 is 11.8 Å². The lowest BCUT2D eigenvalue weighted by atomic mass is 10.00. The van der Waals surface area contributed by atoms with E-state index in [0.717, 1.165) is 35.8 Å². The number of amides is 1. The third-order valence-corrected chi connectivity index (χ3v) is 6.11. The number of nitrogens with one attached hydrogen (secondary N) is 2. The van der Waals surface area contributed by atoms with Gasteiger partial charge in [0.15, 0.2) is 5.16 Å². The topological polar surface area (TPSA) is 89.0 Å². The molecule has 1 aliphatic rings. The van der Waals surface area contributed by atoms with Crippen molar-refractivity contribution >= 4 is 28.4 Å². The van der Waals surface area contributed by atoms with Crippen molar-refractivity contribution in [2.75, 3.05) is 12.4 Å². The number of hydrogen-bond donors (Lipinski definition) is 2. The maximum Gasteiger partial charge on any atom is 0.344 e. The first-order valence-electron chi connectivity index (χ1n) is 9.78. The van der Waals surface area contributed by atoms with Gasteiger partial charge in [-0.05, 0) is 36.1 Å². The zero-order valence-corrected chi connectivity index (χ0v) is 17.1. The van der Waals surface area contributed by atoms with E-state index in [-0.39, 0.29) is 29.5 Å². The zero-order chi connectivity index (χ0) is 20.2. The summed E-state index contributed by atoms with van der Waals surface area (Å²) in [4.78, 5) is 24.6. The molecule has 1 aliphatic heterocycles. The standard InChI is InChI=1S/C21H24N4O3S/c1-14(17-10-4-7-15-6-2-3-9-18(15)17)22-19(26)13-29-21-24-23-20(27)25(21)12-16-8-5-11-28-16/h2-4,6-7,9-10,14,16H,5,8,11-13H2,1H3,(H,22,26)(H,23,27)/t14-,16-/m0/s1. The van der Waals surface area contributed by atoms with Crippen LogP contribution in [0.4, 0.5) is 0 Å². The zero-order valence-electron chi connectivity index (χ0n) is 16.3. The lowest BCUT2D eigenvalue weighted by Gasteiger charge is -2.16. The van der Waals surface area contributed by atoms with Crippen LogP contribution in [0, 0.1) is 0 Å². The number of nitrogens with zero attached hydrogens (tertiary/aromatic N) is 2. The van der Waals surface area contributed by atoms with Gasteiger partial charge >= 0.3 is 5.69 Å².